The fourth-order valence-electron chi connectivity index (χ4n) is 1.35. The molecule has 0 aliphatic heterocycles. The van der Waals surface area contributed by atoms with Gasteiger partial charge in [-0.3, -0.25) is 4.79 Å². The van der Waals surface area contributed by atoms with Crippen LogP contribution in [0.15, 0.2) is 18.2 Å². The summed E-state index contributed by atoms with van der Waals surface area (Å²) >= 11 is 0. The van der Waals surface area contributed by atoms with Crippen LogP contribution in [0.2, 0.25) is 0 Å². The number of hydrogen-bond acceptors (Lipinski definition) is 5. The maximum Gasteiger partial charge on any atom is 0.238 e. The van der Waals surface area contributed by atoms with Gasteiger partial charge in [0.25, 0.3) is 0 Å². The van der Waals surface area contributed by atoms with Gasteiger partial charge in [-0.15, -0.1) is 0 Å². The first-order valence-corrected chi connectivity index (χ1v) is 5.43. The smallest absolute Gasteiger partial charge is 0.238 e. The number of carbonyl (C=O) groups is 1. The van der Waals surface area contributed by atoms with Crippen molar-refractivity contribution in [3.63, 3.8) is 0 Å². The summed E-state index contributed by atoms with van der Waals surface area (Å²) in [7, 11) is 4.75. The van der Waals surface area contributed by atoms with E-state index in [-0.39, 0.29) is 6.61 Å². The van der Waals surface area contributed by atoms with Crippen molar-refractivity contribution < 1.29 is 19.0 Å². The van der Waals surface area contributed by atoms with E-state index in [0.29, 0.717) is 17.2 Å². The van der Waals surface area contributed by atoms with Gasteiger partial charge in [-0.25, -0.2) is 0 Å². The molecule has 1 unspecified atom stereocenters. The predicted molar refractivity (Wildman–Crippen MR) is 67.1 cm³/mol. The lowest BCUT2D eigenvalue weighted by Crippen LogP contribution is -2.43. The van der Waals surface area contributed by atoms with Crippen LogP contribution in [0.1, 0.15) is 0 Å². The summed E-state index contributed by atoms with van der Waals surface area (Å²) in [6.45, 7) is 0.141. The van der Waals surface area contributed by atoms with E-state index in [1.165, 1.54) is 0 Å². The number of carbonyl (C=O) groups excluding carboxylic acids is 1. The fourth-order valence-corrected chi connectivity index (χ4v) is 1.35. The highest BCUT2D eigenvalue weighted by Gasteiger charge is 2.13. The standard InChI is InChI=1S/C12H18N2O4/c1-14-11(12(13)15)7-18-10-5-8(16-2)4-9(6-10)17-3/h4-6,11,14H,7H2,1-3H3,(H2,13,15). The van der Waals surface area contributed by atoms with E-state index in [1.807, 2.05) is 0 Å². The number of hydrogen-bond donors (Lipinski definition) is 2. The van der Waals surface area contributed by atoms with E-state index in [9.17, 15) is 4.79 Å². The Labute approximate surface area is 106 Å². The Kier molecular flexibility index (Phi) is 5.26. The number of primary amides is 1. The molecule has 1 aromatic rings. The number of nitrogens with one attached hydrogen (secondary N) is 1. The molecule has 0 aliphatic carbocycles. The van der Waals surface area contributed by atoms with Crippen molar-refractivity contribution in [1.82, 2.24) is 5.32 Å². The van der Waals surface area contributed by atoms with Crippen molar-refractivity contribution in [3.8, 4) is 17.2 Å². The van der Waals surface area contributed by atoms with Crippen LogP contribution in [0.25, 0.3) is 0 Å². The Morgan fingerprint density at radius 2 is 1.72 bits per heavy atom. The molecule has 0 saturated carbocycles. The lowest BCUT2D eigenvalue weighted by Gasteiger charge is -2.14. The normalized spacial score (nSPS) is 11.7. The molecule has 1 aromatic carbocycles. The van der Waals surface area contributed by atoms with Crippen LogP contribution < -0.4 is 25.3 Å². The molecule has 0 aliphatic rings. The quantitative estimate of drug-likeness (QED) is 0.724. The molecule has 1 amide bonds. The van der Waals surface area contributed by atoms with Gasteiger partial charge in [-0.2, -0.15) is 0 Å². The third-order valence-corrected chi connectivity index (χ3v) is 2.43. The van der Waals surface area contributed by atoms with E-state index in [0.717, 1.165) is 0 Å². The first-order valence-electron chi connectivity index (χ1n) is 5.43. The zero-order chi connectivity index (χ0) is 13.5. The highest BCUT2D eigenvalue weighted by Crippen LogP contribution is 2.27. The van der Waals surface area contributed by atoms with E-state index >= 15 is 0 Å². The predicted octanol–water partition coefficient (Wildman–Crippen LogP) is 0.156. The second-order valence-electron chi connectivity index (χ2n) is 3.60. The summed E-state index contributed by atoms with van der Waals surface area (Å²) < 4.78 is 15.7. The van der Waals surface area contributed by atoms with Gasteiger partial charge >= 0.3 is 0 Å². The molecule has 0 bridgehead atoms. The number of rotatable bonds is 7. The Morgan fingerprint density at radius 3 is 2.11 bits per heavy atom. The van der Waals surface area contributed by atoms with Crippen molar-refractivity contribution in [3.05, 3.63) is 18.2 Å². The molecule has 0 fully saturated rings. The molecule has 0 heterocycles. The summed E-state index contributed by atoms with van der Waals surface area (Å²) in [6.07, 6.45) is 0. The molecule has 3 N–H and O–H groups in total. The van der Waals surface area contributed by atoms with Crippen molar-refractivity contribution in [2.45, 2.75) is 6.04 Å². The largest absolute Gasteiger partial charge is 0.496 e. The van der Waals surface area contributed by atoms with Crippen LogP contribution in [0.5, 0.6) is 17.2 Å². The van der Waals surface area contributed by atoms with Crippen LogP contribution in [-0.2, 0) is 4.79 Å². The van der Waals surface area contributed by atoms with Crippen LogP contribution in [0, 0.1) is 0 Å². The maximum atomic E-state index is 11.0. The van der Waals surface area contributed by atoms with E-state index in [2.05, 4.69) is 5.32 Å². The molecule has 0 aromatic heterocycles. The number of nitrogens with two attached hydrogens (primary N) is 1. The van der Waals surface area contributed by atoms with Gasteiger partial charge in [0.15, 0.2) is 0 Å². The molecule has 0 saturated heterocycles. The van der Waals surface area contributed by atoms with Gasteiger partial charge in [0.2, 0.25) is 5.91 Å². The highest BCUT2D eigenvalue weighted by molar-refractivity contribution is 5.79. The van der Waals surface area contributed by atoms with Gasteiger partial charge < -0.3 is 25.3 Å². The monoisotopic (exact) mass is 254 g/mol. The van der Waals surface area contributed by atoms with Crippen molar-refractivity contribution in [2.24, 2.45) is 5.73 Å². The summed E-state index contributed by atoms with van der Waals surface area (Å²) in [5, 5.41) is 2.77. The van der Waals surface area contributed by atoms with Crippen LogP contribution in [0.3, 0.4) is 0 Å². The molecule has 1 rings (SSSR count). The van der Waals surface area contributed by atoms with Crippen LogP contribution in [0.4, 0.5) is 0 Å². The van der Waals surface area contributed by atoms with Gasteiger partial charge in [-0.05, 0) is 7.05 Å². The minimum Gasteiger partial charge on any atom is -0.496 e. The Balaban J connectivity index is 2.74. The maximum absolute atomic E-state index is 11.0. The fraction of sp³-hybridized carbons (Fsp3) is 0.417. The number of methoxy groups -OCH3 is 2. The summed E-state index contributed by atoms with van der Waals surface area (Å²) in [6, 6.07) is 4.60. The topological polar surface area (TPSA) is 82.8 Å². The van der Waals surface area contributed by atoms with Gasteiger partial charge in [0.05, 0.1) is 14.2 Å². The third kappa shape index (κ3) is 3.81. The molecule has 6 nitrogen and oxygen atoms in total. The van der Waals surface area contributed by atoms with Gasteiger partial charge in [0.1, 0.15) is 29.9 Å². The first-order chi connectivity index (χ1) is 8.60. The number of ether oxygens (including phenoxy) is 3. The van der Waals surface area contributed by atoms with Crippen molar-refractivity contribution in [2.75, 3.05) is 27.9 Å². The minimum absolute atomic E-state index is 0.141. The summed E-state index contributed by atoms with van der Waals surface area (Å²) in [4.78, 5) is 11.0. The molecular weight excluding hydrogens is 236 g/mol. The zero-order valence-corrected chi connectivity index (χ0v) is 10.7. The Bertz CT molecular complexity index is 387. The molecule has 0 spiro atoms. The number of likely N-dealkylation sites (N-methyl/N-ethyl adjacent to an activating group) is 1. The van der Waals surface area contributed by atoms with Gasteiger partial charge in [0, 0.05) is 18.2 Å². The average molecular weight is 254 g/mol. The Hall–Kier alpha value is -1.95. The summed E-state index contributed by atoms with van der Waals surface area (Å²) in [5.74, 6) is 1.31. The molecular formula is C12H18N2O4. The third-order valence-electron chi connectivity index (χ3n) is 2.43. The van der Waals surface area contributed by atoms with Crippen LogP contribution in [-0.4, -0.2) is 39.8 Å². The highest BCUT2D eigenvalue weighted by atomic mass is 16.5. The summed E-state index contributed by atoms with van der Waals surface area (Å²) in [5.41, 5.74) is 5.19. The number of benzene rings is 1. The lowest BCUT2D eigenvalue weighted by molar-refractivity contribution is -0.120. The van der Waals surface area contributed by atoms with E-state index in [1.54, 1.807) is 39.5 Å². The average Bonchev–Trinajstić information content (AvgIpc) is 2.38. The molecule has 0 radical (unpaired) electrons. The zero-order valence-electron chi connectivity index (χ0n) is 10.7. The van der Waals surface area contributed by atoms with Crippen molar-refractivity contribution in [1.29, 1.82) is 0 Å². The minimum atomic E-state index is -0.540. The second kappa shape index (κ2) is 6.70. The molecule has 18 heavy (non-hydrogen) atoms. The first kappa shape index (κ1) is 14.1. The van der Waals surface area contributed by atoms with E-state index in [4.69, 9.17) is 19.9 Å². The van der Waals surface area contributed by atoms with Gasteiger partial charge in [-0.1, -0.05) is 0 Å². The second-order valence-corrected chi connectivity index (χ2v) is 3.60. The SMILES string of the molecule is CNC(COc1cc(OC)cc(OC)c1)C(N)=O. The number of amides is 1. The van der Waals surface area contributed by atoms with E-state index < -0.39 is 11.9 Å². The lowest BCUT2D eigenvalue weighted by atomic mass is 10.3. The molecule has 6 heteroatoms. The molecule has 1 atom stereocenters. The van der Waals surface area contributed by atoms with Crippen molar-refractivity contribution >= 4 is 5.91 Å². The Morgan fingerprint density at radius 1 is 1.22 bits per heavy atom. The molecule has 100 valence electrons. The van der Waals surface area contributed by atoms with Crippen LogP contribution >= 0.6 is 0 Å².